The van der Waals surface area contributed by atoms with Gasteiger partial charge in [0, 0.05) is 28.9 Å². The maximum atomic E-state index is 9.74. The first-order chi connectivity index (χ1) is 14.8. The molecule has 0 aliphatic heterocycles. The molecule has 6 aromatic rings. The molecule has 6 aromatic heterocycles. The fourth-order valence-corrected chi connectivity index (χ4v) is 4.15. The van der Waals surface area contributed by atoms with Crippen LogP contribution < -0.4 is 0 Å². The van der Waals surface area contributed by atoms with Crippen LogP contribution in [-0.4, -0.2) is 40.2 Å². The Labute approximate surface area is 173 Å². The molecule has 0 saturated heterocycles. The van der Waals surface area contributed by atoms with Gasteiger partial charge >= 0.3 is 0 Å². The molecule has 30 heavy (non-hydrogen) atoms. The summed E-state index contributed by atoms with van der Waals surface area (Å²) in [6.45, 7) is 0. The van der Waals surface area contributed by atoms with E-state index in [9.17, 15) is 5.11 Å². The van der Waals surface area contributed by atoms with E-state index in [-0.39, 0.29) is 5.75 Å². The predicted molar refractivity (Wildman–Crippen MR) is 115 cm³/mol. The number of H-pyrrole nitrogens is 2. The molecule has 0 unspecified atom stereocenters. The van der Waals surface area contributed by atoms with Crippen LogP contribution in [0.3, 0.4) is 0 Å². The normalized spacial score (nSPS) is 11.5. The Kier molecular flexibility index (Phi) is 3.62. The van der Waals surface area contributed by atoms with Crippen molar-refractivity contribution in [1.29, 1.82) is 0 Å². The molecule has 3 N–H and O–H groups in total. The first kappa shape index (κ1) is 16.8. The highest BCUT2D eigenvalue weighted by Crippen LogP contribution is 2.32. The largest absolute Gasteiger partial charge is 0.506 e. The van der Waals surface area contributed by atoms with Gasteiger partial charge in [0.25, 0.3) is 0 Å². The summed E-state index contributed by atoms with van der Waals surface area (Å²) in [5.74, 6) is 0.712. The van der Waals surface area contributed by atoms with Gasteiger partial charge in [-0.25, -0.2) is 9.97 Å². The second-order valence-electron chi connectivity index (χ2n) is 6.77. The van der Waals surface area contributed by atoms with Crippen LogP contribution in [-0.2, 0) is 0 Å². The summed E-state index contributed by atoms with van der Waals surface area (Å²) in [7, 11) is 0. The SMILES string of the molecule is Oc1cncc(-c2cc3c(-c4nc5c(-c6ccsc6)ccnc5[nH]4)n[nH]c3cn2)c1. The Hall–Kier alpha value is -4.11. The van der Waals surface area contributed by atoms with Gasteiger partial charge in [-0.15, -0.1) is 0 Å². The molecule has 0 atom stereocenters. The highest BCUT2D eigenvalue weighted by atomic mass is 32.1. The zero-order chi connectivity index (χ0) is 20.1. The third kappa shape index (κ3) is 2.64. The molecular weight excluding hydrogens is 398 g/mol. The molecule has 0 saturated carbocycles. The van der Waals surface area contributed by atoms with Crippen LogP contribution in [0.15, 0.2) is 59.8 Å². The van der Waals surface area contributed by atoms with E-state index >= 15 is 0 Å². The number of hydrogen-bond acceptors (Lipinski definition) is 7. The van der Waals surface area contributed by atoms with E-state index < -0.39 is 0 Å². The molecule has 6 rings (SSSR count). The van der Waals surface area contributed by atoms with Gasteiger partial charge in [-0.2, -0.15) is 16.4 Å². The molecule has 0 aliphatic rings. The van der Waals surface area contributed by atoms with Crippen LogP contribution in [0.4, 0.5) is 0 Å². The molecule has 144 valence electrons. The van der Waals surface area contributed by atoms with E-state index in [1.54, 1.807) is 36.0 Å². The molecule has 0 bridgehead atoms. The third-order valence-corrected chi connectivity index (χ3v) is 5.59. The zero-order valence-corrected chi connectivity index (χ0v) is 16.2. The van der Waals surface area contributed by atoms with E-state index in [1.807, 2.05) is 17.5 Å². The Morgan fingerprint density at radius 3 is 2.83 bits per heavy atom. The number of aromatic nitrogens is 7. The maximum absolute atomic E-state index is 9.74. The number of nitrogens with one attached hydrogen (secondary N) is 2. The van der Waals surface area contributed by atoms with E-state index in [4.69, 9.17) is 4.98 Å². The van der Waals surface area contributed by atoms with Crippen LogP contribution >= 0.6 is 11.3 Å². The zero-order valence-electron chi connectivity index (χ0n) is 15.4. The van der Waals surface area contributed by atoms with Crippen LogP contribution in [0.25, 0.3) is 56.0 Å². The van der Waals surface area contributed by atoms with Crippen molar-refractivity contribution in [2.45, 2.75) is 0 Å². The standard InChI is InChI=1S/C21H13N7OS/c29-13-5-12(7-22-8-13)16-6-15-17(9-24-16)27-28-19(15)21-25-18-14(11-2-4-30-10-11)1-3-23-20(18)26-21/h1-10,29H,(H,27,28)(H,23,25,26). The van der Waals surface area contributed by atoms with Crippen LogP contribution in [0.5, 0.6) is 5.75 Å². The number of nitrogens with zero attached hydrogens (tertiary/aromatic N) is 5. The Morgan fingerprint density at radius 1 is 1.00 bits per heavy atom. The number of aromatic hydroxyl groups is 1. The average molecular weight is 411 g/mol. The van der Waals surface area contributed by atoms with Crippen molar-refractivity contribution in [2.75, 3.05) is 0 Å². The summed E-state index contributed by atoms with van der Waals surface area (Å²) in [6, 6.07) is 7.57. The minimum absolute atomic E-state index is 0.0890. The van der Waals surface area contributed by atoms with Gasteiger partial charge in [0.05, 0.1) is 23.6 Å². The van der Waals surface area contributed by atoms with Gasteiger partial charge in [0.2, 0.25) is 0 Å². The molecule has 0 radical (unpaired) electrons. The maximum Gasteiger partial charge on any atom is 0.160 e. The first-order valence-electron chi connectivity index (χ1n) is 9.12. The minimum atomic E-state index is 0.0890. The molecule has 8 nitrogen and oxygen atoms in total. The molecule has 9 heteroatoms. The number of hydrogen-bond donors (Lipinski definition) is 3. The minimum Gasteiger partial charge on any atom is -0.506 e. The van der Waals surface area contributed by atoms with Crippen molar-refractivity contribution < 1.29 is 5.11 Å². The highest BCUT2D eigenvalue weighted by molar-refractivity contribution is 7.08. The van der Waals surface area contributed by atoms with Crippen LogP contribution in [0, 0.1) is 0 Å². The van der Waals surface area contributed by atoms with E-state index in [2.05, 4.69) is 41.6 Å². The smallest absolute Gasteiger partial charge is 0.160 e. The van der Waals surface area contributed by atoms with E-state index in [1.165, 1.54) is 6.20 Å². The molecule has 0 amide bonds. The first-order valence-corrected chi connectivity index (χ1v) is 10.1. The fraction of sp³-hybridized carbons (Fsp3) is 0. The van der Waals surface area contributed by atoms with Crippen molar-refractivity contribution in [1.82, 2.24) is 35.1 Å². The molecule has 6 heterocycles. The number of rotatable bonds is 3. The lowest BCUT2D eigenvalue weighted by atomic mass is 10.1. The lowest BCUT2D eigenvalue weighted by Gasteiger charge is -2.01. The van der Waals surface area contributed by atoms with Crippen molar-refractivity contribution >= 4 is 33.4 Å². The van der Waals surface area contributed by atoms with Crippen molar-refractivity contribution in [3.8, 4) is 39.7 Å². The van der Waals surface area contributed by atoms with Gasteiger partial charge in [-0.1, -0.05) is 0 Å². The number of fused-ring (bicyclic) bond motifs is 2. The molecule has 0 spiro atoms. The summed E-state index contributed by atoms with van der Waals surface area (Å²) in [6.07, 6.45) is 6.53. The number of thiophene rings is 1. The lowest BCUT2D eigenvalue weighted by Crippen LogP contribution is -1.86. The second-order valence-corrected chi connectivity index (χ2v) is 7.55. The summed E-state index contributed by atoms with van der Waals surface area (Å²) in [5, 5.41) is 22.2. The Morgan fingerprint density at radius 2 is 1.97 bits per heavy atom. The monoisotopic (exact) mass is 411 g/mol. The molecular formula is C21H13N7OS. The molecule has 0 aliphatic carbocycles. The van der Waals surface area contributed by atoms with Gasteiger partial charge < -0.3 is 10.1 Å². The summed E-state index contributed by atoms with van der Waals surface area (Å²) >= 11 is 1.64. The topological polar surface area (TPSA) is 116 Å². The third-order valence-electron chi connectivity index (χ3n) is 4.91. The van der Waals surface area contributed by atoms with E-state index in [0.717, 1.165) is 33.1 Å². The summed E-state index contributed by atoms with van der Waals surface area (Å²) < 4.78 is 0. The van der Waals surface area contributed by atoms with Crippen molar-refractivity contribution in [3.63, 3.8) is 0 Å². The predicted octanol–water partition coefficient (Wildman–Crippen LogP) is 4.39. The summed E-state index contributed by atoms with van der Waals surface area (Å²) in [4.78, 5) is 21.0. The van der Waals surface area contributed by atoms with Crippen molar-refractivity contribution in [3.05, 3.63) is 59.8 Å². The lowest BCUT2D eigenvalue weighted by molar-refractivity contribution is 0.473. The molecule has 0 fully saturated rings. The van der Waals surface area contributed by atoms with Gasteiger partial charge in [0.15, 0.2) is 11.5 Å². The average Bonchev–Trinajstić information content (AvgIpc) is 3.51. The quantitative estimate of drug-likeness (QED) is 0.398. The van der Waals surface area contributed by atoms with Crippen LogP contribution in [0.2, 0.25) is 0 Å². The Bertz CT molecular complexity index is 1520. The van der Waals surface area contributed by atoms with Gasteiger partial charge in [0.1, 0.15) is 17.0 Å². The van der Waals surface area contributed by atoms with Gasteiger partial charge in [-0.3, -0.25) is 15.1 Å². The Balaban J connectivity index is 1.52. The van der Waals surface area contributed by atoms with E-state index in [0.29, 0.717) is 22.9 Å². The highest BCUT2D eigenvalue weighted by Gasteiger charge is 2.17. The number of imidazole rings is 1. The number of aromatic amines is 2. The number of pyridine rings is 3. The summed E-state index contributed by atoms with van der Waals surface area (Å²) in [5.41, 5.74) is 6.50. The second kappa shape index (κ2) is 6.46. The van der Waals surface area contributed by atoms with Gasteiger partial charge in [-0.05, 0) is 40.6 Å². The van der Waals surface area contributed by atoms with Crippen LogP contribution in [0.1, 0.15) is 0 Å². The fourth-order valence-electron chi connectivity index (χ4n) is 3.50. The molecule has 0 aromatic carbocycles. The van der Waals surface area contributed by atoms with Crippen molar-refractivity contribution in [2.24, 2.45) is 0 Å².